The van der Waals surface area contributed by atoms with E-state index in [1.807, 2.05) is 0 Å². The average Bonchev–Trinajstić information content (AvgIpc) is 2.58. The van der Waals surface area contributed by atoms with Gasteiger partial charge < -0.3 is 4.74 Å². The Morgan fingerprint density at radius 1 is 1.62 bits per heavy atom. The smallest absolute Gasteiger partial charge is 0.370 e. The first kappa shape index (κ1) is 12.9. The standard InChI is InChI=1S/C8H13F3N4O/c1-15-3-6(2-13-15)7(14-12)4-16-5-8(9,10)11/h2-3,7,14H,4-5,12H2,1H3. The summed E-state index contributed by atoms with van der Waals surface area (Å²) in [6, 6.07) is -0.504. The van der Waals surface area contributed by atoms with Crippen molar-refractivity contribution in [3.63, 3.8) is 0 Å². The summed E-state index contributed by atoms with van der Waals surface area (Å²) in [4.78, 5) is 0. The Morgan fingerprint density at radius 2 is 2.31 bits per heavy atom. The fourth-order valence-electron chi connectivity index (χ4n) is 1.15. The zero-order valence-electron chi connectivity index (χ0n) is 8.66. The Hall–Kier alpha value is -1.12. The van der Waals surface area contributed by atoms with Crippen molar-refractivity contribution in [2.75, 3.05) is 13.2 Å². The van der Waals surface area contributed by atoms with Gasteiger partial charge in [-0.15, -0.1) is 0 Å². The highest BCUT2D eigenvalue weighted by Crippen LogP contribution is 2.16. The normalized spacial score (nSPS) is 14.1. The third kappa shape index (κ3) is 4.17. The van der Waals surface area contributed by atoms with Crippen molar-refractivity contribution in [3.05, 3.63) is 18.0 Å². The van der Waals surface area contributed by atoms with Crippen LogP contribution >= 0.6 is 0 Å². The van der Waals surface area contributed by atoms with Crippen molar-refractivity contribution in [3.8, 4) is 0 Å². The molecule has 0 spiro atoms. The third-order valence-electron chi connectivity index (χ3n) is 1.88. The molecular formula is C8H13F3N4O. The molecule has 1 unspecified atom stereocenters. The van der Waals surface area contributed by atoms with Crippen molar-refractivity contribution < 1.29 is 17.9 Å². The van der Waals surface area contributed by atoms with Crippen LogP contribution in [0.25, 0.3) is 0 Å². The molecule has 1 rings (SSSR count). The summed E-state index contributed by atoms with van der Waals surface area (Å²) >= 11 is 0. The van der Waals surface area contributed by atoms with Crippen LogP contribution in [0.2, 0.25) is 0 Å². The lowest BCUT2D eigenvalue weighted by molar-refractivity contribution is -0.175. The van der Waals surface area contributed by atoms with E-state index in [-0.39, 0.29) is 6.61 Å². The minimum atomic E-state index is -4.33. The number of nitrogens with zero attached hydrogens (tertiary/aromatic N) is 2. The number of nitrogens with two attached hydrogens (primary N) is 1. The lowest BCUT2D eigenvalue weighted by Crippen LogP contribution is -2.32. The molecule has 0 aliphatic rings. The van der Waals surface area contributed by atoms with Crippen molar-refractivity contribution in [2.24, 2.45) is 12.9 Å². The summed E-state index contributed by atoms with van der Waals surface area (Å²) < 4.78 is 41.5. The van der Waals surface area contributed by atoms with E-state index in [0.717, 1.165) is 0 Å². The Kier molecular flexibility index (Phi) is 4.27. The number of hydrogen-bond donors (Lipinski definition) is 2. The summed E-state index contributed by atoms with van der Waals surface area (Å²) in [5.41, 5.74) is 3.05. The molecule has 1 heterocycles. The maximum Gasteiger partial charge on any atom is 0.411 e. The van der Waals surface area contributed by atoms with Gasteiger partial charge in [0.05, 0.1) is 18.8 Å². The first-order chi connectivity index (χ1) is 7.42. The molecule has 0 saturated carbocycles. The van der Waals surface area contributed by atoms with Crippen LogP contribution < -0.4 is 11.3 Å². The number of rotatable bonds is 5. The van der Waals surface area contributed by atoms with E-state index in [0.29, 0.717) is 5.56 Å². The number of aromatic nitrogens is 2. The van der Waals surface area contributed by atoms with Crippen LogP contribution in [0.4, 0.5) is 13.2 Å². The fourth-order valence-corrected chi connectivity index (χ4v) is 1.15. The highest BCUT2D eigenvalue weighted by Gasteiger charge is 2.28. The predicted molar refractivity (Wildman–Crippen MR) is 50.1 cm³/mol. The molecule has 1 aromatic heterocycles. The van der Waals surface area contributed by atoms with Crippen LogP contribution in [0.15, 0.2) is 12.4 Å². The zero-order valence-corrected chi connectivity index (χ0v) is 8.66. The molecule has 3 N–H and O–H groups in total. The molecule has 92 valence electrons. The maximum absolute atomic E-state index is 11.8. The molecule has 0 saturated heterocycles. The van der Waals surface area contributed by atoms with Gasteiger partial charge in [-0.05, 0) is 0 Å². The second kappa shape index (κ2) is 5.28. The highest BCUT2D eigenvalue weighted by atomic mass is 19.4. The number of ether oxygens (including phenoxy) is 1. The predicted octanol–water partition coefficient (Wildman–Crippen LogP) is 0.503. The van der Waals surface area contributed by atoms with E-state index in [2.05, 4.69) is 15.3 Å². The van der Waals surface area contributed by atoms with Gasteiger partial charge in [0.25, 0.3) is 0 Å². The molecule has 0 aromatic carbocycles. The molecule has 0 aliphatic carbocycles. The third-order valence-corrected chi connectivity index (χ3v) is 1.88. The summed E-state index contributed by atoms with van der Waals surface area (Å²) in [5, 5.41) is 3.89. The topological polar surface area (TPSA) is 65.1 Å². The van der Waals surface area contributed by atoms with Crippen LogP contribution in [0.1, 0.15) is 11.6 Å². The SMILES string of the molecule is Cn1cc(C(COCC(F)(F)F)NN)cn1. The lowest BCUT2D eigenvalue weighted by Gasteiger charge is -2.15. The highest BCUT2D eigenvalue weighted by molar-refractivity contribution is 5.09. The van der Waals surface area contributed by atoms with Crippen molar-refractivity contribution in [1.82, 2.24) is 15.2 Å². The average molecular weight is 238 g/mol. The summed E-state index contributed by atoms with van der Waals surface area (Å²) in [7, 11) is 1.70. The maximum atomic E-state index is 11.8. The fraction of sp³-hybridized carbons (Fsp3) is 0.625. The van der Waals surface area contributed by atoms with Gasteiger partial charge in [-0.2, -0.15) is 18.3 Å². The van der Waals surface area contributed by atoms with Gasteiger partial charge in [0, 0.05) is 18.8 Å². The Bertz CT molecular complexity index is 325. The Labute approximate surface area is 90.3 Å². The first-order valence-corrected chi connectivity index (χ1v) is 4.51. The summed E-state index contributed by atoms with van der Waals surface area (Å²) in [5.74, 6) is 5.22. The molecule has 0 bridgehead atoms. The minimum absolute atomic E-state index is 0.165. The lowest BCUT2D eigenvalue weighted by atomic mass is 10.2. The number of aryl methyl sites for hydroxylation is 1. The molecule has 0 aliphatic heterocycles. The number of nitrogens with one attached hydrogen (secondary N) is 1. The van der Waals surface area contributed by atoms with E-state index >= 15 is 0 Å². The van der Waals surface area contributed by atoms with Gasteiger partial charge in [-0.1, -0.05) is 0 Å². The molecule has 0 fully saturated rings. The van der Waals surface area contributed by atoms with E-state index in [9.17, 15) is 13.2 Å². The Morgan fingerprint density at radius 3 is 2.75 bits per heavy atom. The van der Waals surface area contributed by atoms with Gasteiger partial charge in [-0.25, -0.2) is 0 Å². The van der Waals surface area contributed by atoms with Crippen LogP contribution in [0.5, 0.6) is 0 Å². The van der Waals surface area contributed by atoms with Gasteiger partial charge in [0.1, 0.15) is 6.61 Å². The number of alkyl halides is 3. The van der Waals surface area contributed by atoms with E-state index in [1.54, 1.807) is 13.2 Å². The molecular weight excluding hydrogens is 225 g/mol. The van der Waals surface area contributed by atoms with Crippen LogP contribution in [-0.2, 0) is 11.8 Å². The number of hydrazine groups is 1. The van der Waals surface area contributed by atoms with E-state index in [1.165, 1.54) is 10.9 Å². The Balaban J connectivity index is 2.44. The van der Waals surface area contributed by atoms with Gasteiger partial charge in [0.2, 0.25) is 0 Å². The molecule has 0 amide bonds. The molecule has 0 radical (unpaired) electrons. The number of halogens is 3. The molecule has 8 heteroatoms. The second-order valence-electron chi connectivity index (χ2n) is 3.30. The van der Waals surface area contributed by atoms with Crippen LogP contribution in [-0.4, -0.2) is 29.2 Å². The summed E-state index contributed by atoms with van der Waals surface area (Å²) in [6.45, 7) is -1.45. The van der Waals surface area contributed by atoms with Gasteiger partial charge in [-0.3, -0.25) is 16.0 Å². The van der Waals surface area contributed by atoms with Crippen molar-refractivity contribution in [1.29, 1.82) is 0 Å². The zero-order chi connectivity index (χ0) is 12.2. The van der Waals surface area contributed by atoms with Crippen molar-refractivity contribution in [2.45, 2.75) is 12.2 Å². The largest absolute Gasteiger partial charge is 0.411 e. The monoisotopic (exact) mass is 238 g/mol. The molecule has 5 nitrogen and oxygen atoms in total. The number of hydrogen-bond acceptors (Lipinski definition) is 4. The summed E-state index contributed by atoms with van der Waals surface area (Å²) in [6.07, 6.45) is -1.16. The molecule has 1 atom stereocenters. The minimum Gasteiger partial charge on any atom is -0.370 e. The van der Waals surface area contributed by atoms with E-state index < -0.39 is 18.8 Å². The van der Waals surface area contributed by atoms with Crippen LogP contribution in [0.3, 0.4) is 0 Å². The van der Waals surface area contributed by atoms with Gasteiger partial charge in [0.15, 0.2) is 0 Å². The van der Waals surface area contributed by atoms with Crippen LogP contribution in [0, 0.1) is 0 Å². The quantitative estimate of drug-likeness (QED) is 0.579. The van der Waals surface area contributed by atoms with E-state index in [4.69, 9.17) is 5.84 Å². The molecule has 16 heavy (non-hydrogen) atoms. The first-order valence-electron chi connectivity index (χ1n) is 4.51. The molecule has 1 aromatic rings. The second-order valence-corrected chi connectivity index (χ2v) is 3.30. The van der Waals surface area contributed by atoms with Crippen molar-refractivity contribution >= 4 is 0 Å². The van der Waals surface area contributed by atoms with Gasteiger partial charge >= 0.3 is 6.18 Å².